The van der Waals surface area contributed by atoms with E-state index in [9.17, 15) is 9.59 Å². The second-order valence-corrected chi connectivity index (χ2v) is 12.2. The Balaban J connectivity index is 2.19. The zero-order chi connectivity index (χ0) is 26.5. The van der Waals surface area contributed by atoms with Crippen molar-refractivity contribution in [1.82, 2.24) is 0 Å². The third kappa shape index (κ3) is 15.3. The van der Waals surface area contributed by atoms with Crippen molar-refractivity contribution in [2.75, 3.05) is 13.2 Å². The topological polar surface area (TPSA) is 52.6 Å². The highest BCUT2D eigenvalue weighted by Gasteiger charge is 2.49. The highest BCUT2D eigenvalue weighted by molar-refractivity contribution is 6.00. The van der Waals surface area contributed by atoms with Gasteiger partial charge in [0.1, 0.15) is 0 Å². The molecule has 0 aromatic carbocycles. The number of ether oxygens (including phenoxy) is 2. The van der Waals surface area contributed by atoms with E-state index in [1.165, 1.54) is 77.0 Å². The molecule has 0 N–H and O–H groups in total. The van der Waals surface area contributed by atoms with E-state index >= 15 is 0 Å². The van der Waals surface area contributed by atoms with Gasteiger partial charge in [-0.25, -0.2) is 0 Å². The average molecular weight is 509 g/mol. The summed E-state index contributed by atoms with van der Waals surface area (Å²) < 4.78 is 11.3. The number of hydrogen-bond donors (Lipinski definition) is 0. The molecule has 0 saturated heterocycles. The maximum Gasteiger partial charge on any atom is 0.323 e. The molecule has 1 rings (SSSR count). The molecular formula is C32H60O4. The van der Waals surface area contributed by atoms with Gasteiger partial charge in [0, 0.05) is 0 Å². The molecule has 1 aliphatic carbocycles. The molecule has 0 atom stereocenters. The first kappa shape index (κ1) is 33.0. The van der Waals surface area contributed by atoms with Crippen molar-refractivity contribution in [3.05, 3.63) is 0 Å². The lowest BCUT2D eigenvalue weighted by Crippen LogP contribution is -2.43. The van der Waals surface area contributed by atoms with Gasteiger partial charge in [-0.05, 0) is 37.5 Å². The fourth-order valence-corrected chi connectivity index (χ4v) is 5.33. The van der Waals surface area contributed by atoms with E-state index in [1.54, 1.807) is 0 Å². The van der Waals surface area contributed by atoms with Crippen molar-refractivity contribution in [1.29, 1.82) is 0 Å². The van der Waals surface area contributed by atoms with E-state index in [1.807, 2.05) is 0 Å². The zero-order valence-electron chi connectivity index (χ0n) is 24.6. The summed E-state index contributed by atoms with van der Waals surface area (Å²) in [7, 11) is 0. The Labute approximate surface area is 224 Å². The summed E-state index contributed by atoms with van der Waals surface area (Å²) in [6.07, 6.45) is 23.5. The molecule has 0 aromatic heterocycles. The first-order chi connectivity index (χ1) is 17.4. The highest BCUT2D eigenvalue weighted by Crippen LogP contribution is 2.39. The number of carbonyl (C=O) groups is 2. The van der Waals surface area contributed by atoms with Crippen molar-refractivity contribution in [2.24, 2.45) is 17.3 Å². The van der Waals surface area contributed by atoms with Gasteiger partial charge in [0.05, 0.1) is 13.2 Å². The lowest BCUT2D eigenvalue weighted by Gasteiger charge is -2.32. The number of carbonyl (C=O) groups excluding carboxylic acids is 2. The Kier molecular flexibility index (Phi) is 19.2. The first-order valence-corrected chi connectivity index (χ1v) is 15.7. The fraction of sp³-hybridized carbons (Fsp3) is 0.938. The van der Waals surface area contributed by atoms with Gasteiger partial charge in [-0.15, -0.1) is 0 Å². The van der Waals surface area contributed by atoms with Crippen molar-refractivity contribution >= 4 is 11.9 Å². The van der Waals surface area contributed by atoms with Crippen molar-refractivity contribution in [2.45, 2.75) is 163 Å². The van der Waals surface area contributed by atoms with E-state index in [0.29, 0.717) is 26.1 Å². The van der Waals surface area contributed by atoms with Crippen molar-refractivity contribution in [3.8, 4) is 0 Å². The third-order valence-corrected chi connectivity index (χ3v) is 7.81. The van der Waals surface area contributed by atoms with Crippen LogP contribution in [0.3, 0.4) is 0 Å². The van der Waals surface area contributed by atoms with Crippen LogP contribution in [-0.2, 0) is 19.1 Å². The van der Waals surface area contributed by atoms with Gasteiger partial charge in [-0.3, -0.25) is 9.59 Å². The van der Waals surface area contributed by atoms with Gasteiger partial charge in [0.25, 0.3) is 0 Å². The highest BCUT2D eigenvalue weighted by atomic mass is 16.6. The number of hydrogen-bond acceptors (Lipinski definition) is 4. The van der Waals surface area contributed by atoms with Crippen LogP contribution in [0.4, 0.5) is 0 Å². The minimum atomic E-state index is -1.05. The Hall–Kier alpha value is -1.06. The molecule has 212 valence electrons. The molecule has 36 heavy (non-hydrogen) atoms. The van der Waals surface area contributed by atoms with Gasteiger partial charge >= 0.3 is 11.9 Å². The molecule has 0 spiro atoms. The van der Waals surface area contributed by atoms with Crippen LogP contribution in [0.2, 0.25) is 0 Å². The lowest BCUT2D eigenvalue weighted by molar-refractivity contribution is -0.175. The Morgan fingerprint density at radius 2 is 0.861 bits per heavy atom. The summed E-state index contributed by atoms with van der Waals surface area (Å²) in [5.74, 6) is 0.955. The number of unbranched alkanes of at least 4 members (excludes halogenated alkanes) is 12. The van der Waals surface area contributed by atoms with Crippen LogP contribution in [0, 0.1) is 17.3 Å². The quantitative estimate of drug-likeness (QED) is 0.0829. The molecule has 4 nitrogen and oxygen atoms in total. The largest absolute Gasteiger partial charge is 0.465 e. The van der Waals surface area contributed by atoms with E-state index in [2.05, 4.69) is 27.7 Å². The molecule has 1 saturated carbocycles. The van der Waals surface area contributed by atoms with E-state index in [0.717, 1.165) is 56.8 Å². The molecular weight excluding hydrogens is 448 g/mol. The molecule has 0 heterocycles. The smallest absolute Gasteiger partial charge is 0.323 e. The van der Waals surface area contributed by atoms with E-state index in [4.69, 9.17) is 9.47 Å². The Morgan fingerprint density at radius 1 is 0.528 bits per heavy atom. The zero-order valence-corrected chi connectivity index (χ0v) is 24.6. The van der Waals surface area contributed by atoms with Gasteiger partial charge in [0.15, 0.2) is 5.41 Å². The molecule has 0 aromatic rings. The fourth-order valence-electron chi connectivity index (χ4n) is 5.33. The molecule has 0 radical (unpaired) electrons. The summed E-state index contributed by atoms with van der Waals surface area (Å²) in [5, 5.41) is 0. The predicted molar refractivity (Wildman–Crippen MR) is 151 cm³/mol. The van der Waals surface area contributed by atoms with E-state index < -0.39 is 5.41 Å². The normalized spacial score (nSPS) is 15.4. The van der Waals surface area contributed by atoms with Gasteiger partial charge in [-0.1, -0.05) is 137 Å². The second-order valence-electron chi connectivity index (χ2n) is 12.2. The molecule has 0 aliphatic heterocycles. The van der Waals surface area contributed by atoms with Crippen LogP contribution in [0.15, 0.2) is 0 Å². The molecule has 1 aliphatic rings. The molecule has 4 heteroatoms. The minimum Gasteiger partial charge on any atom is -0.465 e. The van der Waals surface area contributed by atoms with Gasteiger partial charge in [0.2, 0.25) is 0 Å². The van der Waals surface area contributed by atoms with Crippen molar-refractivity contribution < 1.29 is 19.1 Å². The standard InChI is InChI=1S/C32H60O4/c1-28(2)22-16-11-7-5-9-13-20-26-35-30(33)32(24-18-15-19-25-32)31(34)36-27-21-14-10-6-8-12-17-23-29(3)4/h28-29H,5-27H2,1-4H3. The second kappa shape index (κ2) is 20.9. The van der Waals surface area contributed by atoms with Crippen LogP contribution in [-0.4, -0.2) is 25.2 Å². The Bertz CT molecular complexity index is 506. The molecule has 1 fully saturated rings. The first-order valence-electron chi connectivity index (χ1n) is 15.7. The average Bonchev–Trinajstić information content (AvgIpc) is 2.86. The third-order valence-electron chi connectivity index (χ3n) is 7.81. The summed E-state index contributed by atoms with van der Waals surface area (Å²) in [6, 6.07) is 0. The molecule has 0 bridgehead atoms. The van der Waals surface area contributed by atoms with Crippen LogP contribution >= 0.6 is 0 Å². The monoisotopic (exact) mass is 508 g/mol. The van der Waals surface area contributed by atoms with E-state index in [-0.39, 0.29) is 11.9 Å². The predicted octanol–water partition coefficient (Wildman–Crippen LogP) is 9.58. The van der Waals surface area contributed by atoms with Gasteiger partial charge < -0.3 is 9.47 Å². The minimum absolute atomic E-state index is 0.331. The maximum atomic E-state index is 13.0. The lowest BCUT2D eigenvalue weighted by atomic mass is 9.74. The SMILES string of the molecule is CC(C)CCCCCCCCCOC(=O)C1(C(=O)OCCCCCCCCCC(C)C)CCCCC1. The molecule has 0 amide bonds. The number of rotatable bonds is 22. The summed E-state index contributed by atoms with van der Waals surface area (Å²) in [4.78, 5) is 26.0. The van der Waals surface area contributed by atoms with Crippen LogP contribution in [0.5, 0.6) is 0 Å². The summed E-state index contributed by atoms with van der Waals surface area (Å²) in [5.41, 5.74) is -1.05. The Morgan fingerprint density at radius 3 is 1.22 bits per heavy atom. The van der Waals surface area contributed by atoms with Crippen LogP contribution < -0.4 is 0 Å². The maximum absolute atomic E-state index is 13.0. The van der Waals surface area contributed by atoms with Crippen LogP contribution in [0.1, 0.15) is 163 Å². The van der Waals surface area contributed by atoms with Crippen molar-refractivity contribution in [3.63, 3.8) is 0 Å². The summed E-state index contributed by atoms with van der Waals surface area (Å²) >= 11 is 0. The van der Waals surface area contributed by atoms with Crippen LogP contribution in [0.25, 0.3) is 0 Å². The summed E-state index contributed by atoms with van der Waals surface area (Å²) in [6.45, 7) is 10.0. The molecule has 0 unspecified atom stereocenters. The van der Waals surface area contributed by atoms with Gasteiger partial charge in [-0.2, -0.15) is 0 Å². The number of esters is 2.